The Hall–Kier alpha value is -2.40. The Balaban J connectivity index is 2.05. The van der Waals surface area contributed by atoms with Crippen molar-refractivity contribution in [3.63, 3.8) is 0 Å². The van der Waals surface area contributed by atoms with Crippen molar-refractivity contribution in [3.05, 3.63) is 18.0 Å². The van der Waals surface area contributed by atoms with Gasteiger partial charge >= 0.3 is 0 Å². The van der Waals surface area contributed by atoms with Gasteiger partial charge in [-0.25, -0.2) is 8.42 Å². The predicted octanol–water partition coefficient (Wildman–Crippen LogP) is -0.452. The summed E-state index contributed by atoms with van der Waals surface area (Å²) in [5, 5.41) is 11.9. The number of likely N-dealkylation sites (N-methyl/N-ethyl adjacent to an activating group) is 1. The Bertz CT molecular complexity index is 749. The fraction of sp³-hybridized carbons (Fsp3) is 0.300. The highest BCUT2D eigenvalue weighted by Crippen LogP contribution is 2.18. The first-order valence-corrected chi connectivity index (χ1v) is 7.23. The van der Waals surface area contributed by atoms with Gasteiger partial charge in [0.05, 0.1) is 12.7 Å². The van der Waals surface area contributed by atoms with Crippen LogP contribution < -0.4 is 11.1 Å². The maximum atomic E-state index is 12.2. The summed E-state index contributed by atoms with van der Waals surface area (Å²) in [6, 6.07) is 1.51. The fourth-order valence-corrected chi connectivity index (χ4v) is 2.69. The highest BCUT2D eigenvalue weighted by molar-refractivity contribution is 7.89. The van der Waals surface area contributed by atoms with Crippen LogP contribution in [0.5, 0.6) is 0 Å². The predicted molar refractivity (Wildman–Crippen MR) is 72.7 cm³/mol. The van der Waals surface area contributed by atoms with Crippen molar-refractivity contribution in [2.45, 2.75) is 11.8 Å². The van der Waals surface area contributed by atoms with Gasteiger partial charge in [0, 0.05) is 13.1 Å². The minimum atomic E-state index is -3.90. The van der Waals surface area contributed by atoms with Crippen LogP contribution in [0.15, 0.2) is 21.7 Å². The average molecular weight is 314 g/mol. The van der Waals surface area contributed by atoms with Gasteiger partial charge in [0.15, 0.2) is 5.82 Å². The van der Waals surface area contributed by atoms with Crippen LogP contribution >= 0.6 is 0 Å². The molecule has 11 heteroatoms. The van der Waals surface area contributed by atoms with Crippen LogP contribution in [0, 0.1) is 6.92 Å². The first-order valence-electron chi connectivity index (χ1n) is 5.79. The molecular formula is C10H14N6O4S. The normalized spacial score (nSPS) is 11.8. The number of nitrogen functional groups attached to an aromatic ring is 1. The number of sulfonamides is 1. The van der Waals surface area contributed by atoms with E-state index in [2.05, 4.69) is 20.7 Å². The molecule has 0 saturated heterocycles. The monoisotopic (exact) mass is 314 g/mol. The molecule has 0 aromatic carbocycles. The topological polar surface area (TPSA) is 147 Å². The van der Waals surface area contributed by atoms with Crippen LogP contribution in [0.3, 0.4) is 0 Å². The molecule has 10 nitrogen and oxygen atoms in total. The molecule has 0 unspecified atom stereocenters. The summed E-state index contributed by atoms with van der Waals surface area (Å²) in [5.74, 6) is 0.0920. The van der Waals surface area contributed by atoms with Crippen molar-refractivity contribution in [2.24, 2.45) is 0 Å². The summed E-state index contributed by atoms with van der Waals surface area (Å²) in [5.41, 5.74) is 5.47. The largest absolute Gasteiger partial charge is 0.383 e. The van der Waals surface area contributed by atoms with Crippen molar-refractivity contribution >= 4 is 27.6 Å². The van der Waals surface area contributed by atoms with Crippen molar-refractivity contribution in [3.8, 4) is 0 Å². The average Bonchev–Trinajstić information content (AvgIpc) is 2.98. The van der Waals surface area contributed by atoms with Gasteiger partial charge in [0.1, 0.15) is 16.5 Å². The number of hydrogen-bond acceptors (Lipinski definition) is 7. The molecule has 2 rings (SSSR count). The molecule has 0 aliphatic rings. The van der Waals surface area contributed by atoms with Crippen molar-refractivity contribution in [1.82, 2.24) is 19.7 Å². The van der Waals surface area contributed by atoms with E-state index in [4.69, 9.17) is 10.3 Å². The lowest BCUT2D eigenvalue weighted by molar-refractivity contribution is -0.116. The summed E-state index contributed by atoms with van der Waals surface area (Å²) < 4.78 is 30.0. The van der Waals surface area contributed by atoms with Crippen LogP contribution in [0.2, 0.25) is 0 Å². The second kappa shape index (κ2) is 5.54. The maximum absolute atomic E-state index is 12.2. The van der Waals surface area contributed by atoms with E-state index in [0.29, 0.717) is 5.76 Å². The number of aryl methyl sites for hydroxylation is 1. The Labute approximate surface area is 120 Å². The summed E-state index contributed by atoms with van der Waals surface area (Å²) in [6.07, 6.45) is 1.08. The molecule has 21 heavy (non-hydrogen) atoms. The van der Waals surface area contributed by atoms with Crippen molar-refractivity contribution in [2.75, 3.05) is 24.6 Å². The van der Waals surface area contributed by atoms with Crippen LogP contribution in [0.1, 0.15) is 5.76 Å². The highest BCUT2D eigenvalue weighted by Gasteiger charge is 2.26. The molecule has 0 aliphatic carbocycles. The quantitative estimate of drug-likeness (QED) is 0.676. The van der Waals surface area contributed by atoms with Gasteiger partial charge in [-0.3, -0.25) is 9.89 Å². The first kappa shape index (κ1) is 15.0. The number of carbonyl (C=O) groups excluding carboxylic acids is 1. The number of amides is 1. The third kappa shape index (κ3) is 3.20. The number of nitrogens with zero attached hydrogens (tertiary/aromatic N) is 3. The van der Waals surface area contributed by atoms with Gasteiger partial charge in [-0.05, 0) is 6.92 Å². The van der Waals surface area contributed by atoms with Gasteiger partial charge < -0.3 is 15.6 Å². The molecule has 4 N–H and O–H groups in total. The highest BCUT2D eigenvalue weighted by atomic mass is 32.2. The molecule has 2 aromatic rings. The molecule has 2 heterocycles. The van der Waals surface area contributed by atoms with E-state index in [1.807, 2.05) is 0 Å². The number of aromatic nitrogens is 3. The summed E-state index contributed by atoms with van der Waals surface area (Å²) in [4.78, 5) is 11.6. The molecule has 2 aromatic heterocycles. The van der Waals surface area contributed by atoms with E-state index in [9.17, 15) is 13.2 Å². The second-order valence-electron chi connectivity index (χ2n) is 4.28. The van der Waals surface area contributed by atoms with Crippen LogP contribution in [-0.2, 0) is 14.8 Å². The molecule has 114 valence electrons. The first-order chi connectivity index (χ1) is 9.80. The standard InChI is InChI=1S/C10H14N6O4S/c1-6-3-8(15-20-6)13-9(17)5-16(2)21(18,19)7-4-12-14-10(7)11/h3-4H,5H2,1-2H3,(H3,11,12,14)(H,13,15,17). The lowest BCUT2D eigenvalue weighted by Crippen LogP contribution is -2.35. The zero-order valence-corrected chi connectivity index (χ0v) is 12.1. The van der Waals surface area contributed by atoms with E-state index in [0.717, 1.165) is 10.5 Å². The van der Waals surface area contributed by atoms with Crippen LogP contribution in [0.4, 0.5) is 11.6 Å². The van der Waals surface area contributed by atoms with E-state index in [1.54, 1.807) is 6.92 Å². The van der Waals surface area contributed by atoms with Gasteiger partial charge in [-0.1, -0.05) is 5.16 Å². The number of nitrogens with two attached hydrogens (primary N) is 1. The molecule has 0 atom stereocenters. The number of anilines is 2. The molecule has 0 spiro atoms. The molecule has 0 radical (unpaired) electrons. The summed E-state index contributed by atoms with van der Waals surface area (Å²) in [7, 11) is -2.64. The zero-order valence-electron chi connectivity index (χ0n) is 11.3. The van der Waals surface area contributed by atoms with Gasteiger partial charge in [-0.2, -0.15) is 9.40 Å². The summed E-state index contributed by atoms with van der Waals surface area (Å²) >= 11 is 0. The molecular weight excluding hydrogens is 300 g/mol. The Kier molecular flexibility index (Phi) is 3.95. The summed E-state index contributed by atoms with van der Waals surface area (Å²) in [6.45, 7) is 1.26. The van der Waals surface area contributed by atoms with E-state index >= 15 is 0 Å². The van der Waals surface area contributed by atoms with Crippen molar-refractivity contribution < 1.29 is 17.7 Å². The minimum Gasteiger partial charge on any atom is -0.383 e. The number of H-pyrrole nitrogens is 1. The minimum absolute atomic E-state index is 0.0885. The van der Waals surface area contributed by atoms with Gasteiger partial charge in [0.25, 0.3) is 0 Å². The SMILES string of the molecule is Cc1cc(NC(=O)CN(C)S(=O)(=O)c2cn[nH]c2N)no1. The van der Waals surface area contributed by atoms with E-state index in [-0.39, 0.29) is 16.5 Å². The van der Waals surface area contributed by atoms with Gasteiger partial charge in [-0.15, -0.1) is 0 Å². The third-order valence-electron chi connectivity index (χ3n) is 2.58. The smallest absolute Gasteiger partial charge is 0.248 e. The van der Waals surface area contributed by atoms with Gasteiger partial charge in [0.2, 0.25) is 15.9 Å². The molecule has 0 aliphatic heterocycles. The number of nitrogens with one attached hydrogen (secondary N) is 2. The van der Waals surface area contributed by atoms with Crippen LogP contribution in [-0.4, -0.2) is 47.6 Å². The Morgan fingerprint density at radius 1 is 1.57 bits per heavy atom. The number of hydrogen-bond donors (Lipinski definition) is 3. The fourth-order valence-electron chi connectivity index (χ4n) is 1.55. The molecule has 0 saturated carbocycles. The van der Waals surface area contributed by atoms with Crippen molar-refractivity contribution in [1.29, 1.82) is 0 Å². The molecule has 1 amide bonds. The lowest BCUT2D eigenvalue weighted by Gasteiger charge is -2.15. The third-order valence-corrected chi connectivity index (χ3v) is 4.41. The Morgan fingerprint density at radius 3 is 2.81 bits per heavy atom. The number of rotatable bonds is 5. The maximum Gasteiger partial charge on any atom is 0.248 e. The lowest BCUT2D eigenvalue weighted by atomic mass is 10.5. The van der Waals surface area contributed by atoms with E-state index < -0.39 is 22.5 Å². The van der Waals surface area contributed by atoms with Crippen LogP contribution in [0.25, 0.3) is 0 Å². The molecule has 0 fully saturated rings. The zero-order chi connectivity index (χ0) is 15.6. The Morgan fingerprint density at radius 2 is 2.29 bits per heavy atom. The second-order valence-corrected chi connectivity index (χ2v) is 6.29. The van der Waals surface area contributed by atoms with E-state index in [1.165, 1.54) is 13.1 Å². The number of aromatic amines is 1. The number of carbonyl (C=O) groups is 1. The molecule has 0 bridgehead atoms.